The molecule has 2 aromatic heterocycles. The molecule has 2 amide bonds. The maximum absolute atomic E-state index is 11.9. The largest absolute Gasteiger partial charge is 0.478 e. The van der Waals surface area contributed by atoms with Crippen molar-refractivity contribution in [2.75, 3.05) is 29.9 Å². The third-order valence-electron chi connectivity index (χ3n) is 4.52. The number of carbonyl (C=O) groups excluding carboxylic acids is 1. The summed E-state index contributed by atoms with van der Waals surface area (Å²) in [6.07, 6.45) is 4.61. The quantitative estimate of drug-likeness (QED) is 0.707. The second-order valence-corrected chi connectivity index (χ2v) is 7.00. The van der Waals surface area contributed by atoms with Gasteiger partial charge in [-0.15, -0.1) is 0 Å². The van der Waals surface area contributed by atoms with Crippen molar-refractivity contribution in [2.24, 2.45) is 0 Å². The number of nitrogens with zero attached hydrogens (tertiary/aromatic N) is 3. The molecule has 2 unspecified atom stereocenters. The van der Waals surface area contributed by atoms with Gasteiger partial charge in [-0.05, 0) is 26.8 Å². The Morgan fingerprint density at radius 2 is 1.93 bits per heavy atom. The van der Waals surface area contributed by atoms with Crippen molar-refractivity contribution in [3.8, 4) is 11.1 Å². The molecule has 0 saturated carbocycles. The van der Waals surface area contributed by atoms with Gasteiger partial charge in [0, 0.05) is 55.4 Å². The van der Waals surface area contributed by atoms with Crippen LogP contribution in [0.25, 0.3) is 11.1 Å². The lowest BCUT2D eigenvalue weighted by Crippen LogP contribution is -2.45. The molecule has 0 aromatic carbocycles. The van der Waals surface area contributed by atoms with E-state index in [4.69, 9.17) is 4.74 Å². The molecule has 1 fully saturated rings. The van der Waals surface area contributed by atoms with Gasteiger partial charge in [-0.1, -0.05) is 0 Å². The zero-order valence-electron chi connectivity index (χ0n) is 16.7. The Balaban J connectivity index is 2.03. The molecule has 2 aromatic rings. The topological polar surface area (TPSA) is 117 Å². The first-order chi connectivity index (χ1) is 13.9. The molecular weight excluding hydrogens is 374 g/mol. The van der Waals surface area contributed by atoms with Crippen molar-refractivity contribution >= 4 is 23.5 Å². The average molecular weight is 399 g/mol. The average Bonchev–Trinajstić information content (AvgIpc) is 2.67. The molecule has 1 aliphatic rings. The van der Waals surface area contributed by atoms with Crippen LogP contribution < -0.4 is 15.5 Å². The first-order valence-electron chi connectivity index (χ1n) is 9.51. The van der Waals surface area contributed by atoms with E-state index in [1.54, 1.807) is 24.5 Å². The minimum absolute atomic E-state index is 0.0306. The number of carbonyl (C=O) groups is 2. The fourth-order valence-corrected chi connectivity index (χ4v) is 3.40. The van der Waals surface area contributed by atoms with Gasteiger partial charge in [0.2, 0.25) is 0 Å². The molecule has 29 heavy (non-hydrogen) atoms. The number of carboxylic acids is 1. The van der Waals surface area contributed by atoms with Crippen LogP contribution in [0.15, 0.2) is 30.7 Å². The molecule has 3 N–H and O–H groups in total. The van der Waals surface area contributed by atoms with Crippen LogP contribution >= 0.6 is 0 Å². The maximum Gasteiger partial charge on any atom is 0.337 e. The molecule has 2 atom stereocenters. The molecule has 1 aliphatic heterocycles. The van der Waals surface area contributed by atoms with Gasteiger partial charge < -0.3 is 20.1 Å². The monoisotopic (exact) mass is 399 g/mol. The highest BCUT2D eigenvalue weighted by Gasteiger charge is 2.25. The first-order valence-corrected chi connectivity index (χ1v) is 9.51. The van der Waals surface area contributed by atoms with Crippen molar-refractivity contribution in [3.63, 3.8) is 0 Å². The number of ether oxygens (including phenoxy) is 1. The lowest BCUT2D eigenvalue weighted by Gasteiger charge is -2.37. The molecule has 0 aliphatic carbocycles. The van der Waals surface area contributed by atoms with Gasteiger partial charge in [-0.3, -0.25) is 10.3 Å². The molecule has 1 saturated heterocycles. The summed E-state index contributed by atoms with van der Waals surface area (Å²) in [7, 11) is 0. The zero-order valence-corrected chi connectivity index (χ0v) is 16.7. The highest BCUT2D eigenvalue weighted by molar-refractivity contribution is 5.92. The lowest BCUT2D eigenvalue weighted by atomic mass is 10.0. The van der Waals surface area contributed by atoms with Crippen molar-refractivity contribution < 1.29 is 19.4 Å². The van der Waals surface area contributed by atoms with Crippen molar-refractivity contribution in [2.45, 2.75) is 33.0 Å². The number of pyridine rings is 2. The van der Waals surface area contributed by atoms with Crippen LogP contribution in [-0.4, -0.2) is 58.9 Å². The Bertz CT molecular complexity index is 894. The van der Waals surface area contributed by atoms with Gasteiger partial charge in [-0.25, -0.2) is 14.6 Å². The Hall–Kier alpha value is -3.20. The van der Waals surface area contributed by atoms with E-state index in [0.717, 1.165) is 11.3 Å². The smallest absolute Gasteiger partial charge is 0.337 e. The molecule has 154 valence electrons. The highest BCUT2D eigenvalue weighted by atomic mass is 16.5. The number of morpholine rings is 1. The second kappa shape index (κ2) is 8.87. The molecule has 3 rings (SSSR count). The Labute approximate surface area is 169 Å². The predicted molar refractivity (Wildman–Crippen MR) is 109 cm³/mol. The van der Waals surface area contributed by atoms with Crippen LogP contribution in [0, 0.1) is 0 Å². The van der Waals surface area contributed by atoms with Crippen LogP contribution in [0.2, 0.25) is 0 Å². The molecule has 0 radical (unpaired) electrons. The van der Waals surface area contributed by atoms with E-state index in [2.05, 4.69) is 25.5 Å². The minimum Gasteiger partial charge on any atom is -0.478 e. The van der Waals surface area contributed by atoms with Crippen LogP contribution in [0.4, 0.5) is 16.3 Å². The van der Waals surface area contributed by atoms with E-state index in [9.17, 15) is 14.7 Å². The molecule has 9 nitrogen and oxygen atoms in total. The summed E-state index contributed by atoms with van der Waals surface area (Å²) in [5.41, 5.74) is 2.31. The molecular formula is C20H25N5O4. The van der Waals surface area contributed by atoms with E-state index >= 15 is 0 Å². The predicted octanol–water partition coefficient (Wildman–Crippen LogP) is 2.60. The molecule has 0 bridgehead atoms. The number of aromatic nitrogens is 2. The van der Waals surface area contributed by atoms with Crippen molar-refractivity contribution in [1.82, 2.24) is 15.3 Å². The lowest BCUT2D eigenvalue weighted by molar-refractivity contribution is -0.00519. The summed E-state index contributed by atoms with van der Waals surface area (Å²) in [5, 5.41) is 14.7. The number of hydrogen-bond donors (Lipinski definition) is 3. The number of nitrogens with one attached hydrogen (secondary N) is 2. The summed E-state index contributed by atoms with van der Waals surface area (Å²) in [4.78, 5) is 33.8. The number of amides is 2. The number of carboxylic acid groups (broad SMARTS) is 1. The van der Waals surface area contributed by atoms with Crippen LogP contribution in [0.3, 0.4) is 0 Å². The minimum atomic E-state index is -1.04. The van der Waals surface area contributed by atoms with Gasteiger partial charge >= 0.3 is 12.0 Å². The maximum atomic E-state index is 11.9. The standard InChI is InChI=1S/C20H25N5O4/c1-4-22-20(28)24-18-6-17(25-10-12(2)29-13(3)11-25)16(9-23-18)14-5-15(19(26)27)8-21-7-14/h5-9,12-13H,4,10-11H2,1-3H3,(H,26,27)(H2,22,23,24,28). The number of hydrogen-bond acceptors (Lipinski definition) is 6. The summed E-state index contributed by atoms with van der Waals surface area (Å²) < 4.78 is 5.83. The molecule has 0 spiro atoms. The molecule has 9 heteroatoms. The van der Waals surface area contributed by atoms with E-state index in [1.165, 1.54) is 6.20 Å². The van der Waals surface area contributed by atoms with Gasteiger partial charge in [0.05, 0.1) is 23.5 Å². The van der Waals surface area contributed by atoms with Crippen LogP contribution in [0.5, 0.6) is 0 Å². The highest BCUT2D eigenvalue weighted by Crippen LogP contribution is 2.34. The fraction of sp³-hybridized carbons (Fsp3) is 0.400. The molecule has 3 heterocycles. The van der Waals surface area contributed by atoms with Gasteiger partial charge in [0.15, 0.2) is 0 Å². The summed E-state index contributed by atoms with van der Waals surface area (Å²) in [6.45, 7) is 7.67. The Morgan fingerprint density at radius 1 is 1.21 bits per heavy atom. The number of aromatic carboxylic acids is 1. The number of urea groups is 1. The Morgan fingerprint density at radius 3 is 2.59 bits per heavy atom. The van der Waals surface area contributed by atoms with E-state index in [-0.39, 0.29) is 23.8 Å². The summed E-state index contributed by atoms with van der Waals surface area (Å²) >= 11 is 0. The first kappa shape index (κ1) is 20.5. The van der Waals surface area contributed by atoms with Gasteiger partial charge in [0.1, 0.15) is 5.82 Å². The number of rotatable bonds is 5. The Kier molecular flexibility index (Phi) is 6.28. The third kappa shape index (κ3) is 5.00. The van der Waals surface area contributed by atoms with Gasteiger partial charge in [-0.2, -0.15) is 0 Å². The van der Waals surface area contributed by atoms with Crippen molar-refractivity contribution in [3.05, 3.63) is 36.3 Å². The van der Waals surface area contributed by atoms with E-state index in [0.29, 0.717) is 31.0 Å². The summed E-state index contributed by atoms with van der Waals surface area (Å²) in [5.74, 6) is -0.638. The van der Waals surface area contributed by atoms with Crippen molar-refractivity contribution in [1.29, 1.82) is 0 Å². The van der Waals surface area contributed by atoms with Gasteiger partial charge in [0.25, 0.3) is 0 Å². The van der Waals surface area contributed by atoms with Crippen LogP contribution in [0.1, 0.15) is 31.1 Å². The fourth-order valence-electron chi connectivity index (χ4n) is 3.40. The number of anilines is 2. The van der Waals surface area contributed by atoms with Crippen LogP contribution in [-0.2, 0) is 4.74 Å². The normalized spacial score (nSPS) is 18.9. The SMILES string of the molecule is CCNC(=O)Nc1cc(N2CC(C)OC(C)C2)c(-c2cncc(C(=O)O)c2)cn1. The van der Waals surface area contributed by atoms with E-state index < -0.39 is 5.97 Å². The second-order valence-electron chi connectivity index (χ2n) is 7.00. The summed E-state index contributed by atoms with van der Waals surface area (Å²) in [6, 6.07) is 3.03. The third-order valence-corrected chi connectivity index (χ3v) is 4.52. The van der Waals surface area contributed by atoms with E-state index in [1.807, 2.05) is 20.8 Å². The zero-order chi connectivity index (χ0) is 21.0.